The number of unbranched alkanes of at least 4 members (excludes halogenated alkanes) is 2. The van der Waals surface area contributed by atoms with Crippen LogP contribution < -0.4 is 15.3 Å². The highest BCUT2D eigenvalue weighted by Gasteiger charge is 2.10. The number of benzene rings is 1. The monoisotopic (exact) mass is 391 g/mol. The van der Waals surface area contributed by atoms with E-state index in [1.54, 1.807) is 0 Å². The fourth-order valence-electron chi connectivity index (χ4n) is 2.88. The lowest BCUT2D eigenvalue weighted by molar-refractivity contribution is -0.110. The lowest BCUT2D eigenvalue weighted by atomic mass is 10.2. The molecule has 0 atom stereocenters. The molecular weight excluding hydrogens is 362 g/mol. The Morgan fingerprint density at radius 1 is 1.11 bits per heavy atom. The summed E-state index contributed by atoms with van der Waals surface area (Å²) in [4.78, 5) is 25.3. The summed E-state index contributed by atoms with van der Waals surface area (Å²) >= 11 is 1.40. The molecule has 0 aliphatic rings. The number of fused-ring (bicyclic) bond motifs is 1. The number of thioether (sulfide) groups is 1. The van der Waals surface area contributed by atoms with E-state index in [1.807, 2.05) is 25.1 Å². The fraction of sp³-hybridized carbons (Fsp3) is 0.524. The van der Waals surface area contributed by atoms with Gasteiger partial charge in [0.1, 0.15) is 11.3 Å². The molecule has 0 unspecified atom stereocenters. The van der Waals surface area contributed by atoms with Crippen LogP contribution in [-0.2, 0) is 4.79 Å². The van der Waals surface area contributed by atoms with Gasteiger partial charge in [-0.25, -0.2) is 4.79 Å². The molecule has 0 aliphatic heterocycles. The van der Waals surface area contributed by atoms with Gasteiger partial charge in [-0.05, 0) is 45.2 Å². The Bertz CT molecular complexity index is 798. The maximum Gasteiger partial charge on any atom is 0.339 e. The molecule has 1 aromatic heterocycles. The molecule has 1 heterocycles. The molecule has 2 aromatic rings. The van der Waals surface area contributed by atoms with E-state index >= 15 is 0 Å². The van der Waals surface area contributed by atoms with Gasteiger partial charge in [-0.3, -0.25) is 4.79 Å². The van der Waals surface area contributed by atoms with Crippen LogP contribution in [0, 0.1) is 0 Å². The summed E-state index contributed by atoms with van der Waals surface area (Å²) in [6.07, 6.45) is 3.47. The average Bonchev–Trinajstić information content (AvgIpc) is 2.67. The largest absolute Gasteiger partial charge is 0.493 e. The topological polar surface area (TPSA) is 59.8 Å². The van der Waals surface area contributed by atoms with Crippen LogP contribution in [-0.4, -0.2) is 30.6 Å². The van der Waals surface area contributed by atoms with Gasteiger partial charge in [0.25, 0.3) is 0 Å². The van der Waals surface area contributed by atoms with Crippen molar-refractivity contribution in [3.8, 4) is 5.75 Å². The maximum absolute atomic E-state index is 11.9. The molecule has 0 fully saturated rings. The number of hydrogen-bond acceptors (Lipinski definition) is 6. The molecule has 0 saturated heterocycles. The first-order chi connectivity index (χ1) is 13.1. The van der Waals surface area contributed by atoms with Crippen LogP contribution in [0.5, 0.6) is 5.75 Å². The van der Waals surface area contributed by atoms with Gasteiger partial charge in [0.05, 0.1) is 18.1 Å². The molecule has 0 radical (unpaired) electrons. The van der Waals surface area contributed by atoms with Gasteiger partial charge in [0.15, 0.2) is 5.12 Å². The third-order valence-corrected chi connectivity index (χ3v) is 5.52. The summed E-state index contributed by atoms with van der Waals surface area (Å²) in [7, 11) is 0. The third kappa shape index (κ3) is 6.31. The Kier molecular flexibility index (Phi) is 8.72. The first-order valence-corrected chi connectivity index (χ1v) is 10.7. The molecule has 6 heteroatoms. The predicted octanol–water partition coefficient (Wildman–Crippen LogP) is 4.86. The minimum atomic E-state index is -0.399. The molecule has 0 amide bonds. The van der Waals surface area contributed by atoms with Gasteiger partial charge >= 0.3 is 5.63 Å². The molecule has 0 saturated carbocycles. The molecule has 0 spiro atoms. The van der Waals surface area contributed by atoms with Crippen LogP contribution in [0.15, 0.2) is 33.5 Å². The fourth-order valence-corrected chi connectivity index (χ4v) is 3.66. The van der Waals surface area contributed by atoms with E-state index in [0.29, 0.717) is 24.4 Å². The highest BCUT2D eigenvalue weighted by Crippen LogP contribution is 2.28. The SMILES string of the molecule is CCC(=O)SCCCCCOc1cc(=O)oc2cc(N(CC)CC)ccc12. The van der Waals surface area contributed by atoms with E-state index in [9.17, 15) is 9.59 Å². The van der Waals surface area contributed by atoms with Crippen molar-refractivity contribution in [1.29, 1.82) is 0 Å². The van der Waals surface area contributed by atoms with Gasteiger partial charge in [-0.2, -0.15) is 0 Å². The number of rotatable bonds is 11. The van der Waals surface area contributed by atoms with Crippen molar-refractivity contribution in [2.45, 2.75) is 46.5 Å². The molecule has 0 N–H and O–H groups in total. The molecule has 1 aromatic carbocycles. The smallest absolute Gasteiger partial charge is 0.339 e. The summed E-state index contributed by atoms with van der Waals surface area (Å²) in [5.41, 5.74) is 1.19. The van der Waals surface area contributed by atoms with Gasteiger partial charge in [-0.15, -0.1) is 0 Å². The molecule has 0 aliphatic carbocycles. The van der Waals surface area contributed by atoms with Crippen molar-refractivity contribution < 1.29 is 13.9 Å². The average molecular weight is 392 g/mol. The Balaban J connectivity index is 1.95. The molecule has 148 valence electrons. The zero-order valence-electron chi connectivity index (χ0n) is 16.5. The number of carbonyl (C=O) groups excluding carboxylic acids is 1. The van der Waals surface area contributed by atoms with Gasteiger partial charge < -0.3 is 14.1 Å². The predicted molar refractivity (Wildman–Crippen MR) is 113 cm³/mol. The minimum Gasteiger partial charge on any atom is -0.493 e. The van der Waals surface area contributed by atoms with Crippen molar-refractivity contribution in [1.82, 2.24) is 0 Å². The van der Waals surface area contributed by atoms with Gasteiger partial charge in [0.2, 0.25) is 0 Å². The van der Waals surface area contributed by atoms with Gasteiger partial charge in [0, 0.05) is 37.0 Å². The number of carbonyl (C=O) groups is 1. The number of hydrogen-bond donors (Lipinski definition) is 0. The standard InChI is InChI=1S/C21H29NO4S/c1-4-21(24)27-13-9-7-8-12-25-18-15-20(23)26-19-14-16(10-11-17(18)19)22(5-2)6-3/h10-11,14-15H,4-9,12-13H2,1-3H3. The highest BCUT2D eigenvalue weighted by molar-refractivity contribution is 8.13. The van der Waals surface area contributed by atoms with Gasteiger partial charge in [-0.1, -0.05) is 18.7 Å². The Hall–Kier alpha value is -1.95. The first kappa shape index (κ1) is 21.4. The van der Waals surface area contributed by atoms with Crippen LogP contribution in [0.2, 0.25) is 0 Å². The van der Waals surface area contributed by atoms with E-state index in [-0.39, 0.29) is 5.12 Å². The summed E-state index contributed by atoms with van der Waals surface area (Å²) in [5, 5.41) is 1.06. The normalized spacial score (nSPS) is 10.9. The molecule has 0 bridgehead atoms. The van der Waals surface area contributed by atoms with E-state index in [1.165, 1.54) is 17.8 Å². The van der Waals surface area contributed by atoms with Crippen molar-refractivity contribution in [3.63, 3.8) is 0 Å². The molecule has 5 nitrogen and oxygen atoms in total. The zero-order valence-corrected chi connectivity index (χ0v) is 17.3. The van der Waals surface area contributed by atoms with E-state index in [0.717, 1.165) is 49.2 Å². The Morgan fingerprint density at radius 3 is 2.59 bits per heavy atom. The third-order valence-electron chi connectivity index (χ3n) is 4.42. The van der Waals surface area contributed by atoms with Crippen molar-refractivity contribution in [2.75, 3.05) is 30.3 Å². The second-order valence-electron chi connectivity index (χ2n) is 6.27. The molecule has 27 heavy (non-hydrogen) atoms. The first-order valence-electron chi connectivity index (χ1n) is 9.70. The van der Waals surface area contributed by atoms with Crippen LogP contribution >= 0.6 is 11.8 Å². The molecular formula is C21H29NO4S. The number of nitrogens with zero attached hydrogens (tertiary/aromatic N) is 1. The Labute approximate surface area is 165 Å². The summed E-state index contributed by atoms with van der Waals surface area (Å²) in [6.45, 7) is 8.41. The van der Waals surface area contributed by atoms with Crippen molar-refractivity contribution in [3.05, 3.63) is 34.7 Å². The number of ether oxygens (including phenoxy) is 1. The van der Waals surface area contributed by atoms with Crippen molar-refractivity contribution in [2.24, 2.45) is 0 Å². The summed E-state index contributed by atoms with van der Waals surface area (Å²) < 4.78 is 11.2. The maximum atomic E-state index is 11.9. The lowest BCUT2D eigenvalue weighted by Crippen LogP contribution is -2.21. The van der Waals surface area contributed by atoms with Crippen LogP contribution in [0.1, 0.15) is 46.5 Å². The van der Waals surface area contributed by atoms with E-state index < -0.39 is 5.63 Å². The highest BCUT2D eigenvalue weighted by atomic mass is 32.2. The van der Waals surface area contributed by atoms with Crippen LogP contribution in [0.25, 0.3) is 11.0 Å². The summed E-state index contributed by atoms with van der Waals surface area (Å²) in [5.74, 6) is 1.43. The molecule has 2 rings (SSSR count). The minimum absolute atomic E-state index is 0.248. The van der Waals surface area contributed by atoms with Crippen molar-refractivity contribution >= 4 is 33.5 Å². The van der Waals surface area contributed by atoms with Crippen LogP contribution in [0.3, 0.4) is 0 Å². The Morgan fingerprint density at radius 2 is 1.89 bits per heavy atom. The van der Waals surface area contributed by atoms with Crippen LogP contribution in [0.4, 0.5) is 5.69 Å². The van der Waals surface area contributed by atoms with E-state index in [2.05, 4.69) is 18.7 Å². The lowest BCUT2D eigenvalue weighted by Gasteiger charge is -2.21. The second-order valence-corrected chi connectivity index (χ2v) is 7.42. The van der Waals surface area contributed by atoms with E-state index in [4.69, 9.17) is 9.15 Å². The zero-order chi connectivity index (χ0) is 19.6. The number of anilines is 1. The quantitative estimate of drug-likeness (QED) is 0.403. The summed E-state index contributed by atoms with van der Waals surface area (Å²) in [6, 6.07) is 7.30. The second kappa shape index (κ2) is 11.0.